The minimum Gasteiger partial charge on any atom is -0.497 e. The van der Waals surface area contributed by atoms with Crippen LogP contribution in [-0.4, -0.2) is 56.4 Å². The van der Waals surface area contributed by atoms with Gasteiger partial charge in [0.05, 0.1) is 24.6 Å². The van der Waals surface area contributed by atoms with Crippen LogP contribution in [0.15, 0.2) is 64.9 Å². The highest BCUT2D eigenvalue weighted by atomic mass is 32.2. The molecule has 1 aliphatic rings. The second-order valence-corrected chi connectivity index (χ2v) is 11.8. The van der Waals surface area contributed by atoms with Gasteiger partial charge in [0.25, 0.3) is 0 Å². The lowest BCUT2D eigenvalue weighted by Crippen LogP contribution is -2.49. The van der Waals surface area contributed by atoms with Crippen molar-refractivity contribution in [3.05, 3.63) is 76.2 Å². The summed E-state index contributed by atoms with van der Waals surface area (Å²) < 4.78 is 53.1. The summed E-state index contributed by atoms with van der Waals surface area (Å²) in [4.78, 5) is 16.7. The first-order chi connectivity index (χ1) is 17.7. The SMILES string of the molecule is CCC(C)N(CC(=O)N1CCc2sccc2C1COc1cccc(F)c1)S(=O)(=O)c1ccc(OC)cc1. The number of hydrogen-bond acceptors (Lipinski definition) is 6. The van der Waals surface area contributed by atoms with E-state index in [0.29, 0.717) is 30.9 Å². The van der Waals surface area contributed by atoms with Gasteiger partial charge < -0.3 is 14.4 Å². The number of ether oxygens (including phenoxy) is 2. The Labute approximate surface area is 221 Å². The Morgan fingerprint density at radius 3 is 2.62 bits per heavy atom. The maximum absolute atomic E-state index is 13.7. The van der Waals surface area contributed by atoms with Gasteiger partial charge in [-0.1, -0.05) is 13.0 Å². The van der Waals surface area contributed by atoms with Gasteiger partial charge in [-0.2, -0.15) is 4.31 Å². The third kappa shape index (κ3) is 5.97. The minimum atomic E-state index is -3.94. The number of amides is 1. The van der Waals surface area contributed by atoms with Crippen molar-refractivity contribution in [2.75, 3.05) is 26.8 Å². The molecule has 1 amide bonds. The fourth-order valence-corrected chi connectivity index (χ4v) is 6.98. The number of thiophene rings is 1. The van der Waals surface area contributed by atoms with Crippen LogP contribution in [0.2, 0.25) is 0 Å². The van der Waals surface area contributed by atoms with E-state index >= 15 is 0 Å². The number of methoxy groups -OCH3 is 1. The van der Waals surface area contributed by atoms with Crippen molar-refractivity contribution in [3.63, 3.8) is 0 Å². The van der Waals surface area contributed by atoms with Crippen LogP contribution in [0.1, 0.15) is 36.8 Å². The van der Waals surface area contributed by atoms with Crippen LogP contribution in [-0.2, 0) is 21.2 Å². The first-order valence-electron chi connectivity index (χ1n) is 12.1. The van der Waals surface area contributed by atoms with E-state index in [2.05, 4.69) is 0 Å². The predicted molar refractivity (Wildman–Crippen MR) is 141 cm³/mol. The smallest absolute Gasteiger partial charge is 0.243 e. The fraction of sp³-hybridized carbons (Fsp3) is 0.370. The predicted octanol–water partition coefficient (Wildman–Crippen LogP) is 4.89. The van der Waals surface area contributed by atoms with E-state index < -0.39 is 21.9 Å². The van der Waals surface area contributed by atoms with Crippen LogP contribution < -0.4 is 9.47 Å². The van der Waals surface area contributed by atoms with Crippen molar-refractivity contribution in [3.8, 4) is 11.5 Å². The summed E-state index contributed by atoms with van der Waals surface area (Å²) in [7, 11) is -2.43. The van der Waals surface area contributed by atoms with E-state index in [1.165, 1.54) is 40.6 Å². The third-order valence-corrected chi connectivity index (χ3v) is 9.63. The molecular weight excluding hydrogens is 515 g/mol. The van der Waals surface area contributed by atoms with Gasteiger partial charge >= 0.3 is 0 Å². The van der Waals surface area contributed by atoms with Crippen LogP contribution in [0.5, 0.6) is 11.5 Å². The average molecular weight is 547 g/mol. The van der Waals surface area contributed by atoms with E-state index in [-0.39, 0.29) is 30.0 Å². The largest absolute Gasteiger partial charge is 0.497 e. The topological polar surface area (TPSA) is 76.2 Å². The number of rotatable bonds is 10. The molecule has 0 bridgehead atoms. The molecule has 0 N–H and O–H groups in total. The van der Waals surface area contributed by atoms with Gasteiger partial charge in [-0.25, -0.2) is 12.8 Å². The van der Waals surface area contributed by atoms with Crippen LogP contribution in [0, 0.1) is 5.82 Å². The molecule has 0 radical (unpaired) electrons. The van der Waals surface area contributed by atoms with Crippen molar-refractivity contribution in [2.45, 2.75) is 43.7 Å². The van der Waals surface area contributed by atoms with Gasteiger partial charge in [0.1, 0.15) is 23.9 Å². The number of fused-ring (bicyclic) bond motifs is 1. The van der Waals surface area contributed by atoms with E-state index in [4.69, 9.17) is 9.47 Å². The lowest BCUT2D eigenvalue weighted by Gasteiger charge is -2.37. The molecule has 1 aromatic heterocycles. The fourth-order valence-electron chi connectivity index (χ4n) is 4.40. The molecule has 198 valence electrons. The summed E-state index contributed by atoms with van der Waals surface area (Å²) in [6.07, 6.45) is 1.23. The van der Waals surface area contributed by atoms with Gasteiger partial charge in [0.2, 0.25) is 15.9 Å². The van der Waals surface area contributed by atoms with Gasteiger partial charge in [0.15, 0.2) is 0 Å². The monoisotopic (exact) mass is 546 g/mol. The molecule has 2 unspecified atom stereocenters. The molecule has 7 nitrogen and oxygen atoms in total. The Balaban J connectivity index is 1.58. The molecule has 0 saturated heterocycles. The molecule has 2 atom stereocenters. The maximum Gasteiger partial charge on any atom is 0.243 e. The molecule has 0 saturated carbocycles. The Morgan fingerprint density at radius 1 is 1.19 bits per heavy atom. The third-order valence-electron chi connectivity index (χ3n) is 6.66. The molecule has 1 aliphatic heterocycles. The Bertz CT molecular complexity index is 1330. The molecule has 4 rings (SSSR count). The zero-order chi connectivity index (χ0) is 26.6. The molecule has 37 heavy (non-hydrogen) atoms. The molecular formula is C27H31FN2O5S2. The van der Waals surface area contributed by atoms with Crippen LogP contribution in [0.3, 0.4) is 0 Å². The van der Waals surface area contributed by atoms with Crippen molar-refractivity contribution in [2.24, 2.45) is 0 Å². The van der Waals surface area contributed by atoms with Crippen LogP contribution >= 0.6 is 11.3 Å². The number of sulfonamides is 1. The lowest BCUT2D eigenvalue weighted by molar-refractivity contribution is -0.135. The number of hydrogen-bond donors (Lipinski definition) is 0. The average Bonchev–Trinajstić information content (AvgIpc) is 3.39. The van der Waals surface area contributed by atoms with E-state index in [0.717, 1.165) is 5.56 Å². The van der Waals surface area contributed by atoms with E-state index in [9.17, 15) is 17.6 Å². The highest BCUT2D eigenvalue weighted by Crippen LogP contribution is 2.34. The summed E-state index contributed by atoms with van der Waals surface area (Å²) in [6.45, 7) is 3.97. The van der Waals surface area contributed by atoms with Gasteiger partial charge in [0, 0.05) is 23.5 Å². The second kappa shape index (κ2) is 11.6. The number of carbonyl (C=O) groups excluding carboxylic acids is 1. The maximum atomic E-state index is 13.7. The normalized spacial score (nSPS) is 16.4. The van der Waals surface area contributed by atoms with Gasteiger partial charge in [-0.15, -0.1) is 11.3 Å². The molecule has 10 heteroatoms. The Kier molecular flexibility index (Phi) is 8.51. The van der Waals surface area contributed by atoms with Crippen molar-refractivity contribution < 1.29 is 27.1 Å². The quantitative estimate of drug-likeness (QED) is 0.362. The van der Waals surface area contributed by atoms with E-state index in [1.54, 1.807) is 47.4 Å². The summed E-state index contributed by atoms with van der Waals surface area (Å²) in [6, 6.07) is 13.2. The van der Waals surface area contributed by atoms with Gasteiger partial charge in [-0.3, -0.25) is 4.79 Å². The molecule has 3 aromatic rings. The van der Waals surface area contributed by atoms with Crippen molar-refractivity contribution in [1.29, 1.82) is 0 Å². The molecule has 0 spiro atoms. The summed E-state index contributed by atoms with van der Waals surface area (Å²) in [5.41, 5.74) is 0.981. The Hall–Kier alpha value is -2.95. The highest BCUT2D eigenvalue weighted by molar-refractivity contribution is 7.89. The number of halogens is 1. The highest BCUT2D eigenvalue weighted by Gasteiger charge is 2.36. The van der Waals surface area contributed by atoms with Crippen LogP contribution in [0.25, 0.3) is 0 Å². The van der Waals surface area contributed by atoms with E-state index in [1.807, 2.05) is 18.4 Å². The molecule has 0 aliphatic carbocycles. The second-order valence-electron chi connectivity index (χ2n) is 8.90. The van der Waals surface area contributed by atoms with Crippen molar-refractivity contribution >= 4 is 27.3 Å². The summed E-state index contributed by atoms with van der Waals surface area (Å²) in [5.74, 6) is 0.213. The minimum absolute atomic E-state index is 0.103. The standard InChI is InChI=1S/C27H31FN2O5S2/c1-4-19(2)30(37(32,33)23-10-8-21(34-3)9-11-23)17-27(31)29-14-12-26-24(13-15-36-26)25(29)18-35-22-7-5-6-20(28)16-22/h5-11,13,15-16,19,25H,4,12,14,17-18H2,1-3H3. The summed E-state index contributed by atoms with van der Waals surface area (Å²) in [5, 5.41) is 1.98. The number of carbonyl (C=O) groups is 1. The number of nitrogens with zero attached hydrogens (tertiary/aromatic N) is 2. The number of benzene rings is 2. The molecule has 2 aromatic carbocycles. The first-order valence-corrected chi connectivity index (χ1v) is 14.5. The lowest BCUT2D eigenvalue weighted by atomic mass is 10.0. The molecule has 0 fully saturated rings. The van der Waals surface area contributed by atoms with Crippen LogP contribution in [0.4, 0.5) is 4.39 Å². The zero-order valence-corrected chi connectivity index (χ0v) is 22.7. The Morgan fingerprint density at radius 2 is 1.95 bits per heavy atom. The summed E-state index contributed by atoms with van der Waals surface area (Å²) >= 11 is 1.62. The van der Waals surface area contributed by atoms with Crippen molar-refractivity contribution in [1.82, 2.24) is 9.21 Å². The first kappa shape index (κ1) is 27.1. The van der Waals surface area contributed by atoms with Gasteiger partial charge in [-0.05, 0) is 73.2 Å². The zero-order valence-electron chi connectivity index (χ0n) is 21.1. The molecule has 2 heterocycles.